The summed E-state index contributed by atoms with van der Waals surface area (Å²) in [7, 11) is 0. The summed E-state index contributed by atoms with van der Waals surface area (Å²) >= 11 is 7.83. The van der Waals surface area contributed by atoms with Crippen molar-refractivity contribution in [1.29, 1.82) is 0 Å². The predicted octanol–water partition coefficient (Wildman–Crippen LogP) is 5.70. The van der Waals surface area contributed by atoms with Crippen LogP contribution in [0.4, 0.5) is 10.2 Å². The van der Waals surface area contributed by atoms with Crippen LogP contribution in [-0.4, -0.2) is 23.1 Å². The van der Waals surface area contributed by atoms with Crippen molar-refractivity contribution in [3.63, 3.8) is 0 Å². The smallest absolute Gasteiger partial charge is 0.225 e. The zero-order valence-corrected chi connectivity index (χ0v) is 15.8. The van der Waals surface area contributed by atoms with E-state index in [0.29, 0.717) is 5.92 Å². The van der Waals surface area contributed by atoms with Gasteiger partial charge in [0.15, 0.2) is 0 Å². The van der Waals surface area contributed by atoms with E-state index in [1.807, 2.05) is 12.1 Å². The molecule has 0 bridgehead atoms. The van der Waals surface area contributed by atoms with E-state index in [1.54, 1.807) is 11.3 Å². The molecule has 4 rings (SSSR count). The average Bonchev–Trinajstić information content (AvgIpc) is 2.90. The number of fused-ring (bicyclic) bond motifs is 1. The lowest BCUT2D eigenvalue weighted by molar-refractivity contribution is 0.445. The number of piperidine rings is 1. The summed E-state index contributed by atoms with van der Waals surface area (Å²) < 4.78 is 13.4. The molecule has 1 aliphatic heterocycles. The summed E-state index contributed by atoms with van der Waals surface area (Å²) in [4.78, 5) is 13.4. The van der Waals surface area contributed by atoms with Gasteiger partial charge in [0.25, 0.3) is 0 Å². The van der Waals surface area contributed by atoms with Crippen LogP contribution in [0.3, 0.4) is 0 Å². The van der Waals surface area contributed by atoms with Gasteiger partial charge < -0.3 is 4.90 Å². The van der Waals surface area contributed by atoms with Gasteiger partial charge in [-0.1, -0.05) is 19.1 Å². The topological polar surface area (TPSA) is 29.0 Å². The summed E-state index contributed by atoms with van der Waals surface area (Å²) in [5, 5.41) is 1.32. The second-order valence-corrected chi connectivity index (χ2v) is 8.27. The summed E-state index contributed by atoms with van der Waals surface area (Å²) in [6, 6.07) is 6.64. The molecule has 0 aliphatic carbocycles. The van der Waals surface area contributed by atoms with Crippen LogP contribution in [0, 0.1) is 18.7 Å². The number of aromatic nitrogens is 2. The van der Waals surface area contributed by atoms with Crippen LogP contribution in [0.1, 0.15) is 24.6 Å². The molecule has 1 fully saturated rings. The van der Waals surface area contributed by atoms with Gasteiger partial charge >= 0.3 is 0 Å². The molecular formula is C19H19ClFN3S. The van der Waals surface area contributed by atoms with Crippen molar-refractivity contribution >= 4 is 39.0 Å². The Labute approximate surface area is 155 Å². The van der Waals surface area contributed by atoms with E-state index in [1.165, 1.54) is 18.6 Å². The number of benzene rings is 1. The van der Waals surface area contributed by atoms with Gasteiger partial charge in [-0.3, -0.25) is 0 Å². The lowest BCUT2D eigenvalue weighted by Gasteiger charge is -2.32. The minimum absolute atomic E-state index is 0.231. The zero-order valence-electron chi connectivity index (χ0n) is 14.2. The van der Waals surface area contributed by atoms with Crippen LogP contribution in [0.15, 0.2) is 24.3 Å². The number of thiophene rings is 1. The second kappa shape index (κ2) is 6.54. The Bertz CT molecular complexity index is 923. The molecule has 3 aromatic rings. The van der Waals surface area contributed by atoms with E-state index >= 15 is 0 Å². The zero-order chi connectivity index (χ0) is 17.6. The molecular weight excluding hydrogens is 357 g/mol. The van der Waals surface area contributed by atoms with Crippen molar-refractivity contribution in [2.45, 2.75) is 26.7 Å². The van der Waals surface area contributed by atoms with Crippen molar-refractivity contribution < 1.29 is 4.39 Å². The molecule has 6 heteroatoms. The van der Waals surface area contributed by atoms with E-state index in [4.69, 9.17) is 11.6 Å². The Morgan fingerprint density at radius 3 is 2.72 bits per heavy atom. The summed E-state index contributed by atoms with van der Waals surface area (Å²) in [5.41, 5.74) is 2.08. The molecule has 1 unspecified atom stereocenters. The van der Waals surface area contributed by atoms with Gasteiger partial charge in [-0.15, -0.1) is 11.3 Å². The summed E-state index contributed by atoms with van der Waals surface area (Å²) in [6.07, 6.45) is 2.39. The standard InChI is InChI=1S/C19H19ClFN3S/c1-11-4-3-9-24(10-11)17-16-15(13-5-7-14(21)8-6-13)12(2)25-18(16)23-19(20)22-17/h5-8,11H,3-4,9-10H2,1-2H3. The number of nitrogens with zero attached hydrogens (tertiary/aromatic N) is 3. The number of anilines is 1. The van der Waals surface area contributed by atoms with E-state index in [2.05, 4.69) is 28.7 Å². The van der Waals surface area contributed by atoms with Crippen molar-refractivity contribution in [2.75, 3.05) is 18.0 Å². The first kappa shape index (κ1) is 16.7. The molecule has 0 saturated carbocycles. The summed E-state index contributed by atoms with van der Waals surface area (Å²) in [5.74, 6) is 1.31. The molecule has 25 heavy (non-hydrogen) atoms. The van der Waals surface area contributed by atoms with Crippen LogP contribution >= 0.6 is 22.9 Å². The maximum Gasteiger partial charge on any atom is 0.225 e. The monoisotopic (exact) mass is 375 g/mol. The highest BCUT2D eigenvalue weighted by Crippen LogP contribution is 2.42. The minimum atomic E-state index is -0.231. The number of aryl methyl sites for hydroxylation is 1. The third-order valence-corrected chi connectivity index (χ3v) is 5.94. The molecule has 1 atom stereocenters. The Hall–Kier alpha value is -1.72. The molecule has 1 aliphatic rings. The minimum Gasteiger partial charge on any atom is -0.356 e. The number of hydrogen-bond acceptors (Lipinski definition) is 4. The van der Waals surface area contributed by atoms with Gasteiger partial charge in [0.05, 0.1) is 5.39 Å². The lowest BCUT2D eigenvalue weighted by Crippen LogP contribution is -2.35. The van der Waals surface area contributed by atoms with E-state index in [0.717, 1.165) is 51.5 Å². The molecule has 0 spiro atoms. The Morgan fingerprint density at radius 1 is 1.24 bits per heavy atom. The van der Waals surface area contributed by atoms with Gasteiger partial charge in [0, 0.05) is 23.5 Å². The molecule has 1 aromatic carbocycles. The largest absolute Gasteiger partial charge is 0.356 e. The number of rotatable bonds is 2. The van der Waals surface area contributed by atoms with E-state index in [9.17, 15) is 4.39 Å². The number of hydrogen-bond donors (Lipinski definition) is 0. The van der Waals surface area contributed by atoms with Gasteiger partial charge in [-0.05, 0) is 55.0 Å². The first-order chi connectivity index (χ1) is 12.0. The highest BCUT2D eigenvalue weighted by molar-refractivity contribution is 7.19. The molecule has 3 nitrogen and oxygen atoms in total. The Morgan fingerprint density at radius 2 is 2.00 bits per heavy atom. The van der Waals surface area contributed by atoms with Crippen LogP contribution in [0.2, 0.25) is 5.28 Å². The fraction of sp³-hybridized carbons (Fsp3) is 0.368. The Kier molecular flexibility index (Phi) is 4.38. The fourth-order valence-electron chi connectivity index (χ4n) is 3.64. The third kappa shape index (κ3) is 3.11. The van der Waals surface area contributed by atoms with Gasteiger partial charge in [-0.25, -0.2) is 9.37 Å². The van der Waals surface area contributed by atoms with E-state index in [-0.39, 0.29) is 11.1 Å². The van der Waals surface area contributed by atoms with Crippen LogP contribution in [-0.2, 0) is 0 Å². The Balaban J connectivity index is 1.94. The van der Waals surface area contributed by atoms with Gasteiger partial charge in [0.1, 0.15) is 16.5 Å². The molecule has 1 saturated heterocycles. The van der Waals surface area contributed by atoms with Crippen LogP contribution in [0.5, 0.6) is 0 Å². The second-order valence-electron chi connectivity index (χ2n) is 6.73. The molecule has 0 amide bonds. The van der Waals surface area contributed by atoms with Gasteiger partial charge in [0.2, 0.25) is 5.28 Å². The van der Waals surface area contributed by atoms with E-state index < -0.39 is 0 Å². The van der Waals surface area contributed by atoms with Gasteiger partial charge in [-0.2, -0.15) is 4.98 Å². The molecule has 2 aromatic heterocycles. The molecule has 130 valence electrons. The number of halogens is 2. The highest BCUT2D eigenvalue weighted by Gasteiger charge is 2.24. The first-order valence-electron chi connectivity index (χ1n) is 8.50. The molecule has 3 heterocycles. The maximum absolute atomic E-state index is 13.4. The van der Waals surface area contributed by atoms with Crippen molar-refractivity contribution in [3.05, 3.63) is 40.2 Å². The normalized spacial score (nSPS) is 18.1. The maximum atomic E-state index is 13.4. The summed E-state index contributed by atoms with van der Waals surface area (Å²) in [6.45, 7) is 6.29. The lowest BCUT2D eigenvalue weighted by atomic mass is 9.99. The molecule has 0 N–H and O–H groups in total. The van der Waals surface area contributed by atoms with Crippen molar-refractivity contribution in [2.24, 2.45) is 5.92 Å². The van der Waals surface area contributed by atoms with Crippen LogP contribution in [0.25, 0.3) is 21.3 Å². The SMILES string of the molecule is Cc1sc2nc(Cl)nc(N3CCCC(C)C3)c2c1-c1ccc(F)cc1. The van der Waals surface area contributed by atoms with Crippen molar-refractivity contribution in [1.82, 2.24) is 9.97 Å². The average molecular weight is 376 g/mol. The van der Waals surface area contributed by atoms with Crippen molar-refractivity contribution in [3.8, 4) is 11.1 Å². The first-order valence-corrected chi connectivity index (χ1v) is 9.70. The molecule has 0 radical (unpaired) electrons. The highest BCUT2D eigenvalue weighted by atomic mass is 35.5. The fourth-order valence-corrected chi connectivity index (χ4v) is 4.90. The quantitative estimate of drug-likeness (QED) is 0.538. The van der Waals surface area contributed by atoms with Crippen LogP contribution < -0.4 is 4.90 Å². The predicted molar refractivity (Wildman–Crippen MR) is 103 cm³/mol. The third-order valence-electron chi connectivity index (χ3n) is 4.77.